The van der Waals surface area contributed by atoms with Crippen molar-refractivity contribution in [3.05, 3.63) is 92.3 Å². The van der Waals surface area contributed by atoms with E-state index in [2.05, 4.69) is 6.92 Å². The molecule has 162 valence electrons. The zero-order valence-corrected chi connectivity index (χ0v) is 19.9. The van der Waals surface area contributed by atoms with E-state index in [0.29, 0.717) is 20.7 Å². The Morgan fingerprint density at radius 3 is 2.28 bits per heavy atom. The van der Waals surface area contributed by atoms with Crippen molar-refractivity contribution in [2.45, 2.75) is 27.7 Å². The van der Waals surface area contributed by atoms with Gasteiger partial charge in [0.2, 0.25) is 0 Å². The summed E-state index contributed by atoms with van der Waals surface area (Å²) in [5, 5.41) is 11.3. The number of phenols is 1. The number of aliphatic imine (C=N–C) groups is 1. The molecule has 1 heterocycles. The molecule has 0 aromatic heterocycles. The number of hydrogen-bond donors (Lipinski definition) is 1. The third-order valence-electron chi connectivity index (χ3n) is 5.55. The highest BCUT2D eigenvalue weighted by Crippen LogP contribution is 2.39. The third kappa shape index (κ3) is 4.45. The average Bonchev–Trinajstić information content (AvgIpc) is 3.04. The van der Waals surface area contributed by atoms with Gasteiger partial charge in [-0.2, -0.15) is 0 Å². The van der Waals surface area contributed by atoms with Crippen molar-refractivity contribution in [1.82, 2.24) is 0 Å². The van der Waals surface area contributed by atoms with E-state index in [-0.39, 0.29) is 11.7 Å². The Kier molecular flexibility index (Phi) is 6.13. The molecule has 0 atom stereocenters. The van der Waals surface area contributed by atoms with Gasteiger partial charge in [-0.1, -0.05) is 23.7 Å². The zero-order chi connectivity index (χ0) is 23.0. The van der Waals surface area contributed by atoms with Crippen molar-refractivity contribution in [3.63, 3.8) is 0 Å². The number of nitrogens with zero attached hydrogens (tertiary/aromatic N) is 2. The molecule has 1 fully saturated rings. The van der Waals surface area contributed by atoms with Crippen molar-refractivity contribution < 1.29 is 9.90 Å². The van der Waals surface area contributed by atoms with E-state index in [4.69, 9.17) is 16.6 Å². The second kappa shape index (κ2) is 8.85. The molecule has 1 aliphatic heterocycles. The number of anilines is 1. The van der Waals surface area contributed by atoms with Gasteiger partial charge in [-0.3, -0.25) is 9.69 Å². The first-order valence-electron chi connectivity index (χ1n) is 10.2. The molecule has 3 aromatic rings. The highest BCUT2D eigenvalue weighted by Gasteiger charge is 2.35. The summed E-state index contributed by atoms with van der Waals surface area (Å²) in [5.41, 5.74) is 6.60. The zero-order valence-electron chi connectivity index (χ0n) is 18.3. The van der Waals surface area contributed by atoms with Crippen molar-refractivity contribution in [2.75, 3.05) is 4.90 Å². The topological polar surface area (TPSA) is 52.9 Å². The van der Waals surface area contributed by atoms with Crippen LogP contribution in [0, 0.1) is 27.7 Å². The van der Waals surface area contributed by atoms with Crippen LogP contribution in [-0.2, 0) is 4.79 Å². The number of aromatic hydroxyl groups is 1. The lowest BCUT2D eigenvalue weighted by molar-refractivity contribution is -0.113. The van der Waals surface area contributed by atoms with Crippen LogP contribution >= 0.6 is 23.4 Å². The summed E-state index contributed by atoms with van der Waals surface area (Å²) in [6.45, 7) is 8.16. The number of phenolic OH excluding ortho intramolecular Hbond substituents is 1. The van der Waals surface area contributed by atoms with Crippen LogP contribution in [0.3, 0.4) is 0 Å². The second-order valence-electron chi connectivity index (χ2n) is 7.89. The molecule has 0 bridgehead atoms. The van der Waals surface area contributed by atoms with E-state index in [0.717, 1.165) is 28.1 Å². The largest absolute Gasteiger partial charge is 0.507 e. The van der Waals surface area contributed by atoms with E-state index in [1.807, 2.05) is 57.2 Å². The van der Waals surface area contributed by atoms with Crippen molar-refractivity contribution in [3.8, 4) is 5.75 Å². The predicted octanol–water partition coefficient (Wildman–Crippen LogP) is 7.09. The minimum Gasteiger partial charge on any atom is -0.507 e. The van der Waals surface area contributed by atoms with E-state index >= 15 is 0 Å². The lowest BCUT2D eigenvalue weighted by atomic mass is 10.1. The van der Waals surface area contributed by atoms with Gasteiger partial charge in [0, 0.05) is 10.6 Å². The molecule has 6 heteroatoms. The first kappa shape index (κ1) is 22.2. The fourth-order valence-corrected chi connectivity index (χ4v) is 4.50. The summed E-state index contributed by atoms with van der Waals surface area (Å²) >= 11 is 7.37. The van der Waals surface area contributed by atoms with E-state index in [9.17, 15) is 9.90 Å². The Balaban J connectivity index is 1.83. The maximum Gasteiger partial charge on any atom is 0.271 e. The number of aryl methyl sites for hydroxylation is 4. The molecule has 0 radical (unpaired) electrons. The molecule has 0 saturated carbocycles. The fraction of sp³-hybridized carbons (Fsp3) is 0.154. The number of hydrogen-bond acceptors (Lipinski definition) is 4. The first-order valence-corrected chi connectivity index (χ1v) is 11.4. The number of halogens is 1. The fourth-order valence-electron chi connectivity index (χ4n) is 3.33. The maximum atomic E-state index is 13.5. The van der Waals surface area contributed by atoms with Crippen LogP contribution in [0.15, 0.2) is 64.5 Å². The van der Waals surface area contributed by atoms with Gasteiger partial charge < -0.3 is 5.11 Å². The number of benzene rings is 3. The van der Waals surface area contributed by atoms with Gasteiger partial charge in [-0.05, 0) is 110 Å². The first-order chi connectivity index (χ1) is 15.2. The molecular formula is C26H23ClN2O2S. The summed E-state index contributed by atoms with van der Waals surface area (Å²) < 4.78 is 0. The number of amidine groups is 1. The molecule has 0 spiro atoms. The molecule has 1 aliphatic rings. The summed E-state index contributed by atoms with van der Waals surface area (Å²) in [4.78, 5) is 20.4. The molecule has 0 aliphatic carbocycles. The van der Waals surface area contributed by atoms with Crippen molar-refractivity contribution in [2.24, 2.45) is 4.99 Å². The van der Waals surface area contributed by atoms with Gasteiger partial charge in [-0.15, -0.1) is 0 Å². The highest BCUT2D eigenvalue weighted by atomic mass is 35.5. The normalized spacial score (nSPS) is 16.4. The molecule has 32 heavy (non-hydrogen) atoms. The molecule has 1 saturated heterocycles. The standard InChI is InChI=1S/C26H23ClN2O2S/c1-15-5-8-21(11-17(15)3)28-26-29(22-9-6-16(2)18(4)12-22)25(31)24(32-26)14-19-13-20(27)7-10-23(19)30/h5-14,30H,1-4H3. The minimum atomic E-state index is -0.194. The molecular weight excluding hydrogens is 440 g/mol. The summed E-state index contributed by atoms with van der Waals surface area (Å²) in [7, 11) is 0. The van der Waals surface area contributed by atoms with Crippen molar-refractivity contribution in [1.29, 1.82) is 0 Å². The molecule has 1 N–H and O–H groups in total. The summed E-state index contributed by atoms with van der Waals surface area (Å²) in [5.74, 6) is -0.132. The van der Waals surface area contributed by atoms with Crippen LogP contribution in [0.1, 0.15) is 27.8 Å². The molecule has 1 amide bonds. The summed E-state index contributed by atoms with van der Waals surface area (Å²) in [6, 6.07) is 16.7. The van der Waals surface area contributed by atoms with Crippen LogP contribution in [-0.4, -0.2) is 16.2 Å². The Hall–Kier alpha value is -3.02. The smallest absolute Gasteiger partial charge is 0.271 e. The second-order valence-corrected chi connectivity index (χ2v) is 9.33. The van der Waals surface area contributed by atoms with Gasteiger partial charge >= 0.3 is 0 Å². The van der Waals surface area contributed by atoms with Crippen LogP contribution < -0.4 is 4.90 Å². The van der Waals surface area contributed by atoms with E-state index in [1.54, 1.807) is 23.1 Å². The lowest BCUT2D eigenvalue weighted by Crippen LogP contribution is -2.28. The van der Waals surface area contributed by atoms with E-state index in [1.165, 1.54) is 23.4 Å². The third-order valence-corrected chi connectivity index (χ3v) is 6.75. The van der Waals surface area contributed by atoms with Gasteiger partial charge in [0.25, 0.3) is 5.91 Å². The van der Waals surface area contributed by atoms with E-state index < -0.39 is 0 Å². The quantitative estimate of drug-likeness (QED) is 0.423. The molecule has 4 nitrogen and oxygen atoms in total. The molecule has 0 unspecified atom stereocenters. The molecule has 3 aromatic carbocycles. The summed E-state index contributed by atoms with van der Waals surface area (Å²) in [6.07, 6.45) is 1.66. The van der Waals surface area contributed by atoms with Gasteiger partial charge in [0.15, 0.2) is 5.17 Å². The molecule has 4 rings (SSSR count). The van der Waals surface area contributed by atoms with Gasteiger partial charge in [-0.25, -0.2) is 4.99 Å². The number of amides is 1. The number of carbonyl (C=O) groups is 1. The number of carbonyl (C=O) groups excluding carboxylic acids is 1. The van der Waals surface area contributed by atoms with Crippen LogP contribution in [0.5, 0.6) is 5.75 Å². The van der Waals surface area contributed by atoms with Gasteiger partial charge in [0.05, 0.1) is 16.3 Å². The van der Waals surface area contributed by atoms with Crippen LogP contribution in [0.4, 0.5) is 11.4 Å². The predicted molar refractivity (Wildman–Crippen MR) is 135 cm³/mol. The Bertz CT molecular complexity index is 1300. The van der Waals surface area contributed by atoms with Crippen LogP contribution in [0.25, 0.3) is 6.08 Å². The Morgan fingerprint density at radius 2 is 1.59 bits per heavy atom. The van der Waals surface area contributed by atoms with Crippen LogP contribution in [0.2, 0.25) is 5.02 Å². The lowest BCUT2D eigenvalue weighted by Gasteiger charge is -2.17. The Labute approximate surface area is 197 Å². The number of thioether (sulfide) groups is 1. The monoisotopic (exact) mass is 462 g/mol. The SMILES string of the molecule is Cc1ccc(N=C2SC(=Cc3cc(Cl)ccc3O)C(=O)N2c2ccc(C)c(C)c2)cc1C. The Morgan fingerprint density at radius 1 is 0.906 bits per heavy atom. The maximum absolute atomic E-state index is 13.5. The van der Waals surface area contributed by atoms with Crippen molar-refractivity contribution >= 4 is 51.9 Å². The minimum absolute atomic E-state index is 0.0626. The average molecular weight is 463 g/mol. The highest BCUT2D eigenvalue weighted by molar-refractivity contribution is 8.19. The van der Waals surface area contributed by atoms with Gasteiger partial charge in [0.1, 0.15) is 5.75 Å². The number of rotatable bonds is 3.